The lowest BCUT2D eigenvalue weighted by Crippen LogP contribution is -2.48. The maximum Gasteiger partial charge on any atom is 0.241 e. The minimum Gasteiger partial charge on any atom is -0.309 e. The SMILES string of the molecule is CC(C)(C)c1ccc(N2CCNCC2=O)cn1. The maximum atomic E-state index is 11.7. The van der Waals surface area contributed by atoms with Gasteiger partial charge in [0.25, 0.3) is 0 Å². The number of nitrogens with one attached hydrogen (secondary N) is 1. The van der Waals surface area contributed by atoms with Crippen LogP contribution in [0.25, 0.3) is 0 Å². The van der Waals surface area contributed by atoms with Crippen molar-refractivity contribution in [3.05, 3.63) is 24.0 Å². The summed E-state index contributed by atoms with van der Waals surface area (Å²) in [5.41, 5.74) is 1.99. The zero-order chi connectivity index (χ0) is 12.5. The van der Waals surface area contributed by atoms with E-state index >= 15 is 0 Å². The Morgan fingerprint density at radius 3 is 2.65 bits per heavy atom. The molecule has 1 N–H and O–H groups in total. The number of carbonyl (C=O) groups is 1. The van der Waals surface area contributed by atoms with E-state index in [-0.39, 0.29) is 11.3 Å². The van der Waals surface area contributed by atoms with Gasteiger partial charge in [0.2, 0.25) is 5.91 Å². The molecule has 0 aliphatic carbocycles. The van der Waals surface area contributed by atoms with Crippen molar-refractivity contribution in [1.29, 1.82) is 0 Å². The highest BCUT2D eigenvalue weighted by molar-refractivity contribution is 5.95. The molecule has 0 unspecified atom stereocenters. The minimum absolute atomic E-state index is 0.0476. The van der Waals surface area contributed by atoms with Gasteiger partial charge in [0, 0.05) is 24.2 Å². The van der Waals surface area contributed by atoms with E-state index in [0.29, 0.717) is 6.54 Å². The van der Waals surface area contributed by atoms with Crippen LogP contribution in [0.4, 0.5) is 5.69 Å². The zero-order valence-electron chi connectivity index (χ0n) is 10.7. The second-order valence-electron chi connectivity index (χ2n) is 5.37. The van der Waals surface area contributed by atoms with Crippen molar-refractivity contribution in [3.63, 3.8) is 0 Å². The Hall–Kier alpha value is -1.42. The molecule has 1 aliphatic heterocycles. The molecule has 92 valence electrons. The van der Waals surface area contributed by atoms with Gasteiger partial charge in [-0.3, -0.25) is 9.78 Å². The Balaban J connectivity index is 2.20. The third-order valence-corrected chi connectivity index (χ3v) is 2.92. The fourth-order valence-corrected chi connectivity index (χ4v) is 1.87. The van der Waals surface area contributed by atoms with Gasteiger partial charge in [-0.1, -0.05) is 20.8 Å². The van der Waals surface area contributed by atoms with Gasteiger partial charge in [-0.2, -0.15) is 0 Å². The Bertz CT molecular complexity index is 406. The van der Waals surface area contributed by atoms with E-state index in [0.717, 1.165) is 24.5 Å². The van der Waals surface area contributed by atoms with E-state index in [1.807, 2.05) is 12.1 Å². The molecule has 4 nitrogen and oxygen atoms in total. The Labute approximate surface area is 102 Å². The van der Waals surface area contributed by atoms with Crippen LogP contribution in [0.1, 0.15) is 26.5 Å². The molecule has 0 saturated carbocycles. The number of amides is 1. The van der Waals surface area contributed by atoms with Crippen molar-refractivity contribution in [2.45, 2.75) is 26.2 Å². The predicted octanol–water partition coefficient (Wildman–Crippen LogP) is 1.32. The topological polar surface area (TPSA) is 45.2 Å². The molecule has 1 aromatic rings. The van der Waals surface area contributed by atoms with Crippen LogP contribution in [0.3, 0.4) is 0 Å². The molecule has 17 heavy (non-hydrogen) atoms. The summed E-state index contributed by atoms with van der Waals surface area (Å²) in [7, 11) is 0. The number of pyridine rings is 1. The Morgan fingerprint density at radius 1 is 1.35 bits per heavy atom. The van der Waals surface area contributed by atoms with E-state index in [4.69, 9.17) is 0 Å². The van der Waals surface area contributed by atoms with E-state index in [9.17, 15) is 4.79 Å². The quantitative estimate of drug-likeness (QED) is 0.795. The van der Waals surface area contributed by atoms with Crippen molar-refractivity contribution in [2.75, 3.05) is 24.5 Å². The molecule has 1 fully saturated rings. The first-order chi connectivity index (χ1) is 7.98. The van der Waals surface area contributed by atoms with Crippen molar-refractivity contribution in [3.8, 4) is 0 Å². The number of hydrogen-bond acceptors (Lipinski definition) is 3. The molecule has 0 bridgehead atoms. The highest BCUT2D eigenvalue weighted by atomic mass is 16.2. The number of nitrogens with zero attached hydrogens (tertiary/aromatic N) is 2. The fourth-order valence-electron chi connectivity index (χ4n) is 1.87. The first-order valence-electron chi connectivity index (χ1n) is 5.96. The van der Waals surface area contributed by atoms with Gasteiger partial charge in [-0.25, -0.2) is 0 Å². The van der Waals surface area contributed by atoms with Gasteiger partial charge >= 0.3 is 0 Å². The average molecular weight is 233 g/mol. The number of piperazine rings is 1. The molecule has 2 heterocycles. The second kappa shape index (κ2) is 4.45. The van der Waals surface area contributed by atoms with Crippen LogP contribution in [-0.4, -0.2) is 30.5 Å². The van der Waals surface area contributed by atoms with Gasteiger partial charge in [0.1, 0.15) is 0 Å². The van der Waals surface area contributed by atoms with E-state index in [1.54, 1.807) is 11.1 Å². The normalized spacial score (nSPS) is 17.4. The molecule has 0 aromatic carbocycles. The molecule has 4 heteroatoms. The van der Waals surface area contributed by atoms with Crippen molar-refractivity contribution < 1.29 is 4.79 Å². The van der Waals surface area contributed by atoms with Gasteiger partial charge in [-0.15, -0.1) is 0 Å². The number of carbonyl (C=O) groups excluding carboxylic acids is 1. The molecule has 0 radical (unpaired) electrons. The van der Waals surface area contributed by atoms with E-state index in [2.05, 4.69) is 31.1 Å². The van der Waals surface area contributed by atoms with Crippen LogP contribution in [-0.2, 0) is 10.2 Å². The average Bonchev–Trinajstić information content (AvgIpc) is 2.29. The van der Waals surface area contributed by atoms with Crippen LogP contribution in [0.15, 0.2) is 18.3 Å². The second-order valence-corrected chi connectivity index (χ2v) is 5.37. The van der Waals surface area contributed by atoms with Gasteiger partial charge < -0.3 is 10.2 Å². The standard InChI is InChI=1S/C13H19N3O/c1-13(2,3)11-5-4-10(8-15-11)16-7-6-14-9-12(16)17/h4-5,8,14H,6-7,9H2,1-3H3. The number of anilines is 1. The van der Waals surface area contributed by atoms with Crippen molar-refractivity contribution >= 4 is 11.6 Å². The smallest absolute Gasteiger partial charge is 0.241 e. The summed E-state index contributed by atoms with van der Waals surface area (Å²) in [4.78, 5) is 17.9. The van der Waals surface area contributed by atoms with Crippen molar-refractivity contribution in [1.82, 2.24) is 10.3 Å². The first-order valence-corrected chi connectivity index (χ1v) is 5.96. The molecule has 1 aliphatic rings. The fraction of sp³-hybridized carbons (Fsp3) is 0.538. The molecule has 1 aromatic heterocycles. The molecular weight excluding hydrogens is 214 g/mol. The maximum absolute atomic E-state index is 11.7. The summed E-state index contributed by atoms with van der Waals surface area (Å²) in [6, 6.07) is 3.99. The summed E-state index contributed by atoms with van der Waals surface area (Å²) in [6.45, 7) is 8.37. The minimum atomic E-state index is 0.0476. The lowest BCUT2D eigenvalue weighted by molar-refractivity contribution is -0.118. The third kappa shape index (κ3) is 2.64. The molecular formula is C13H19N3O. The van der Waals surface area contributed by atoms with E-state index in [1.165, 1.54) is 0 Å². The molecule has 1 amide bonds. The first kappa shape index (κ1) is 12.0. The zero-order valence-corrected chi connectivity index (χ0v) is 10.7. The predicted molar refractivity (Wildman–Crippen MR) is 68.2 cm³/mol. The number of hydrogen-bond donors (Lipinski definition) is 1. The van der Waals surface area contributed by atoms with Crippen LogP contribution in [0, 0.1) is 0 Å². The third-order valence-electron chi connectivity index (χ3n) is 2.92. The van der Waals surface area contributed by atoms with Gasteiger partial charge in [-0.05, 0) is 12.1 Å². The lowest BCUT2D eigenvalue weighted by Gasteiger charge is -2.27. The lowest BCUT2D eigenvalue weighted by atomic mass is 9.92. The van der Waals surface area contributed by atoms with Crippen LogP contribution in [0.5, 0.6) is 0 Å². The number of rotatable bonds is 1. The summed E-state index contributed by atoms with van der Waals surface area (Å²) >= 11 is 0. The highest BCUT2D eigenvalue weighted by Crippen LogP contribution is 2.22. The summed E-state index contributed by atoms with van der Waals surface area (Å²) in [5.74, 6) is 0.113. The number of aromatic nitrogens is 1. The highest BCUT2D eigenvalue weighted by Gasteiger charge is 2.20. The molecule has 0 spiro atoms. The monoisotopic (exact) mass is 233 g/mol. The van der Waals surface area contributed by atoms with Crippen LogP contribution >= 0.6 is 0 Å². The molecule has 1 saturated heterocycles. The van der Waals surface area contributed by atoms with E-state index < -0.39 is 0 Å². The summed E-state index contributed by atoms with van der Waals surface area (Å²) < 4.78 is 0. The van der Waals surface area contributed by atoms with Gasteiger partial charge in [0.05, 0.1) is 18.4 Å². The Morgan fingerprint density at radius 2 is 2.12 bits per heavy atom. The molecule has 2 rings (SSSR count). The van der Waals surface area contributed by atoms with Crippen LogP contribution < -0.4 is 10.2 Å². The molecule has 0 atom stereocenters. The van der Waals surface area contributed by atoms with Gasteiger partial charge in [0.15, 0.2) is 0 Å². The largest absolute Gasteiger partial charge is 0.309 e. The summed E-state index contributed by atoms with van der Waals surface area (Å²) in [6.07, 6.45) is 1.80. The summed E-state index contributed by atoms with van der Waals surface area (Å²) in [5, 5.41) is 3.06. The Kier molecular flexibility index (Phi) is 3.15. The van der Waals surface area contributed by atoms with Crippen LogP contribution in [0.2, 0.25) is 0 Å². The van der Waals surface area contributed by atoms with Crippen molar-refractivity contribution in [2.24, 2.45) is 0 Å².